The number of nitrogens with one attached hydrogen (secondary N) is 1. The van der Waals surface area contributed by atoms with Crippen LogP contribution in [0.1, 0.15) is 245 Å². The zero-order valence-corrected chi connectivity index (χ0v) is 35.0. The standard InChI is InChI=1S/C47H91NO4/c1-3-5-7-9-11-13-15-17-19-21-23-24-26-28-30-32-34-36-38-40-44(50)42-47(52)48-45(43-49)46(51)41-39-37-35-33-31-29-27-25-22-20-18-16-14-12-10-8-6-4-2/h31,33,39,41,44-46,49-51H,3-30,32,34-38,40,42-43H2,1-2H3,(H,48,52)/b33-31+,41-39+. The molecule has 0 spiro atoms. The Morgan fingerprint density at radius 3 is 1.23 bits per heavy atom. The molecule has 0 aromatic carbocycles. The number of allylic oxidation sites excluding steroid dienone is 3. The van der Waals surface area contributed by atoms with Crippen LogP contribution < -0.4 is 5.32 Å². The van der Waals surface area contributed by atoms with Crippen molar-refractivity contribution < 1.29 is 20.1 Å². The normalized spacial score (nSPS) is 13.7. The predicted molar refractivity (Wildman–Crippen MR) is 227 cm³/mol. The molecule has 4 N–H and O–H groups in total. The first kappa shape index (κ1) is 50.8. The second-order valence-corrected chi connectivity index (χ2v) is 16.0. The average Bonchev–Trinajstić information content (AvgIpc) is 3.14. The Balaban J connectivity index is 3.66. The van der Waals surface area contributed by atoms with E-state index in [1.165, 1.54) is 186 Å². The minimum absolute atomic E-state index is 0.00989. The van der Waals surface area contributed by atoms with Crippen molar-refractivity contribution in [1.29, 1.82) is 0 Å². The first-order valence-corrected chi connectivity index (χ1v) is 23.1. The fourth-order valence-electron chi connectivity index (χ4n) is 7.18. The minimum Gasteiger partial charge on any atom is -0.394 e. The van der Waals surface area contributed by atoms with Crippen LogP contribution in [0.25, 0.3) is 0 Å². The SMILES string of the molecule is CCCCCCCCCCCCCC/C=C/CC/C=C/C(O)C(CO)NC(=O)CC(O)CCCCCCCCCCCCCCCCCCCCC. The second-order valence-electron chi connectivity index (χ2n) is 16.0. The van der Waals surface area contributed by atoms with Crippen molar-refractivity contribution in [3.05, 3.63) is 24.3 Å². The summed E-state index contributed by atoms with van der Waals surface area (Å²) in [4.78, 5) is 12.4. The van der Waals surface area contributed by atoms with Gasteiger partial charge in [0.25, 0.3) is 0 Å². The van der Waals surface area contributed by atoms with Gasteiger partial charge in [-0.3, -0.25) is 4.79 Å². The van der Waals surface area contributed by atoms with E-state index in [9.17, 15) is 20.1 Å². The van der Waals surface area contributed by atoms with Gasteiger partial charge in [0.15, 0.2) is 0 Å². The van der Waals surface area contributed by atoms with E-state index in [1.807, 2.05) is 6.08 Å². The summed E-state index contributed by atoms with van der Waals surface area (Å²) in [6, 6.07) is -0.757. The minimum atomic E-state index is -0.948. The maximum Gasteiger partial charge on any atom is 0.222 e. The molecule has 0 bridgehead atoms. The highest BCUT2D eigenvalue weighted by molar-refractivity contribution is 5.76. The Bertz CT molecular complexity index is 768. The third-order valence-electron chi connectivity index (χ3n) is 10.7. The molecular weight excluding hydrogens is 643 g/mol. The van der Waals surface area contributed by atoms with Gasteiger partial charge in [-0.1, -0.05) is 231 Å². The monoisotopic (exact) mass is 734 g/mol. The first-order chi connectivity index (χ1) is 25.5. The lowest BCUT2D eigenvalue weighted by Gasteiger charge is -2.21. The topological polar surface area (TPSA) is 89.8 Å². The molecule has 5 nitrogen and oxygen atoms in total. The summed E-state index contributed by atoms with van der Waals surface area (Å²) in [6.45, 7) is 4.22. The van der Waals surface area contributed by atoms with Gasteiger partial charge in [-0.25, -0.2) is 0 Å². The number of carbonyl (C=O) groups is 1. The van der Waals surface area contributed by atoms with Gasteiger partial charge in [0, 0.05) is 0 Å². The quantitative estimate of drug-likeness (QED) is 0.0371. The van der Waals surface area contributed by atoms with Crippen LogP contribution >= 0.6 is 0 Å². The fraction of sp³-hybridized carbons (Fsp3) is 0.894. The van der Waals surface area contributed by atoms with Crippen LogP contribution in [0.3, 0.4) is 0 Å². The van der Waals surface area contributed by atoms with E-state index in [0.717, 1.165) is 32.1 Å². The summed E-state index contributed by atoms with van der Waals surface area (Å²) in [5.74, 6) is -0.322. The zero-order chi connectivity index (χ0) is 38.0. The van der Waals surface area contributed by atoms with E-state index >= 15 is 0 Å². The van der Waals surface area contributed by atoms with Crippen LogP contribution in [0.2, 0.25) is 0 Å². The molecule has 0 aliphatic heterocycles. The lowest BCUT2D eigenvalue weighted by Crippen LogP contribution is -2.45. The number of unbranched alkanes of at least 4 members (excludes halogenated alkanes) is 31. The largest absolute Gasteiger partial charge is 0.394 e. The molecule has 0 radical (unpaired) electrons. The molecule has 3 unspecified atom stereocenters. The van der Waals surface area contributed by atoms with Crippen molar-refractivity contribution in [1.82, 2.24) is 5.32 Å². The van der Waals surface area contributed by atoms with E-state index in [-0.39, 0.29) is 18.9 Å². The van der Waals surface area contributed by atoms with E-state index in [4.69, 9.17) is 0 Å². The molecule has 3 atom stereocenters. The van der Waals surface area contributed by atoms with E-state index in [1.54, 1.807) is 6.08 Å². The third kappa shape index (κ3) is 38.6. The molecule has 1 amide bonds. The van der Waals surface area contributed by atoms with Crippen molar-refractivity contribution in [2.45, 2.75) is 263 Å². The highest BCUT2D eigenvalue weighted by atomic mass is 16.3. The summed E-state index contributed by atoms with van der Waals surface area (Å²) in [6.07, 6.45) is 51.8. The van der Waals surface area contributed by atoms with Crippen LogP contribution in [0.4, 0.5) is 0 Å². The number of hydrogen-bond donors (Lipinski definition) is 4. The molecule has 0 rings (SSSR count). The van der Waals surface area contributed by atoms with Crippen LogP contribution in [0.15, 0.2) is 24.3 Å². The summed E-state index contributed by atoms with van der Waals surface area (Å²) < 4.78 is 0. The molecule has 0 saturated heterocycles. The van der Waals surface area contributed by atoms with Gasteiger partial charge in [0.2, 0.25) is 5.91 Å². The van der Waals surface area contributed by atoms with Crippen molar-refractivity contribution in [2.75, 3.05) is 6.61 Å². The Hall–Kier alpha value is -1.17. The summed E-state index contributed by atoms with van der Waals surface area (Å²) in [5.41, 5.74) is 0. The average molecular weight is 734 g/mol. The van der Waals surface area contributed by atoms with Crippen molar-refractivity contribution in [2.24, 2.45) is 0 Å². The molecule has 5 heteroatoms. The maximum atomic E-state index is 12.4. The third-order valence-corrected chi connectivity index (χ3v) is 10.7. The number of aliphatic hydroxyl groups is 3. The summed E-state index contributed by atoms with van der Waals surface area (Å²) in [7, 11) is 0. The molecule has 52 heavy (non-hydrogen) atoms. The number of rotatable bonds is 42. The smallest absolute Gasteiger partial charge is 0.222 e. The van der Waals surface area contributed by atoms with Gasteiger partial charge in [-0.2, -0.15) is 0 Å². The highest BCUT2D eigenvalue weighted by Crippen LogP contribution is 2.16. The second kappa shape index (κ2) is 42.6. The van der Waals surface area contributed by atoms with Gasteiger partial charge < -0.3 is 20.6 Å². The van der Waals surface area contributed by atoms with Gasteiger partial charge in [-0.05, 0) is 32.1 Å². The number of hydrogen-bond acceptors (Lipinski definition) is 4. The molecule has 0 aromatic rings. The Morgan fingerprint density at radius 1 is 0.481 bits per heavy atom. The Kier molecular flexibility index (Phi) is 41.6. The molecule has 0 heterocycles. The van der Waals surface area contributed by atoms with Crippen LogP contribution in [-0.2, 0) is 4.79 Å². The van der Waals surface area contributed by atoms with E-state index < -0.39 is 18.2 Å². The first-order valence-electron chi connectivity index (χ1n) is 23.1. The molecule has 0 aliphatic carbocycles. The Labute approximate surface area is 324 Å². The van der Waals surface area contributed by atoms with Crippen molar-refractivity contribution in [3.8, 4) is 0 Å². The fourth-order valence-corrected chi connectivity index (χ4v) is 7.18. The molecule has 0 aromatic heterocycles. The molecule has 0 fully saturated rings. The van der Waals surface area contributed by atoms with Gasteiger partial charge in [0.1, 0.15) is 0 Å². The van der Waals surface area contributed by atoms with Crippen LogP contribution in [-0.4, -0.2) is 46.1 Å². The lowest BCUT2D eigenvalue weighted by atomic mass is 10.0. The van der Waals surface area contributed by atoms with Gasteiger partial charge in [0.05, 0.1) is 31.3 Å². The molecule has 0 aliphatic rings. The lowest BCUT2D eigenvalue weighted by molar-refractivity contribution is -0.124. The predicted octanol–water partition coefficient (Wildman–Crippen LogP) is 13.4. The van der Waals surface area contributed by atoms with Crippen molar-refractivity contribution >= 4 is 5.91 Å². The molecule has 0 saturated carbocycles. The summed E-state index contributed by atoms with van der Waals surface area (Å²) in [5, 5.41) is 33.2. The van der Waals surface area contributed by atoms with Crippen molar-refractivity contribution in [3.63, 3.8) is 0 Å². The zero-order valence-electron chi connectivity index (χ0n) is 35.0. The molecule has 308 valence electrons. The molecular formula is C47H91NO4. The number of carbonyl (C=O) groups excluding carboxylic acids is 1. The Morgan fingerprint density at radius 2 is 0.827 bits per heavy atom. The summed E-state index contributed by atoms with van der Waals surface area (Å²) >= 11 is 0. The highest BCUT2D eigenvalue weighted by Gasteiger charge is 2.20. The van der Waals surface area contributed by atoms with Crippen LogP contribution in [0.5, 0.6) is 0 Å². The number of amides is 1. The van der Waals surface area contributed by atoms with E-state index in [0.29, 0.717) is 6.42 Å². The van der Waals surface area contributed by atoms with Gasteiger partial charge >= 0.3 is 0 Å². The number of aliphatic hydroxyl groups excluding tert-OH is 3. The van der Waals surface area contributed by atoms with Crippen LogP contribution in [0, 0.1) is 0 Å². The van der Waals surface area contributed by atoms with Gasteiger partial charge in [-0.15, -0.1) is 0 Å². The van der Waals surface area contributed by atoms with E-state index in [2.05, 4.69) is 31.3 Å². The maximum absolute atomic E-state index is 12.4.